The normalized spacial score (nSPS) is 11.7. The third-order valence-electron chi connectivity index (χ3n) is 8.50. The van der Waals surface area contributed by atoms with Gasteiger partial charge >= 0.3 is 29.8 Å². The van der Waals surface area contributed by atoms with Crippen LogP contribution in [-0.2, 0) is 57.2 Å². The van der Waals surface area contributed by atoms with Crippen LogP contribution in [0.15, 0.2) is 0 Å². The molecule has 0 rings (SSSR count). The van der Waals surface area contributed by atoms with Crippen molar-refractivity contribution in [2.45, 2.75) is 195 Å². The SMILES string of the molecule is CCCCCC.CCCCCCCCC(=O)OCC(COC=O)OC(=O)CC[NH2+]CCC(=O)OC(COC(=O)CCCC)COC(=O)CCCCCCCC. The van der Waals surface area contributed by atoms with Crippen LogP contribution in [0.25, 0.3) is 0 Å². The molecule has 2 N–H and O–H groups in total. The molecule has 0 saturated carbocycles. The standard InChI is InChI=1S/C36H63NO12.C6H14/c1-4-7-10-12-14-16-19-33(40)45-26-30(25-44-29-38)48-35(42)21-23-37-24-22-36(43)49-31(27-46-32(39)18-9-6-3)28-47-34(41)20-17-15-13-11-8-5-2;1-3-5-6-4-2/h29-31,37H,4-28H2,1-3H3;3-6H2,1-2H3/p+1. The Morgan fingerprint density at radius 3 is 1.13 bits per heavy atom. The van der Waals surface area contributed by atoms with Gasteiger partial charge in [0.25, 0.3) is 6.47 Å². The first kappa shape index (κ1) is 53.9. The second-order valence-corrected chi connectivity index (χ2v) is 13.9. The summed E-state index contributed by atoms with van der Waals surface area (Å²) in [6.45, 7) is 10.7. The van der Waals surface area contributed by atoms with Crippen LogP contribution in [0.2, 0.25) is 0 Å². The smallest absolute Gasteiger partial charge is 0.312 e. The van der Waals surface area contributed by atoms with Gasteiger partial charge in [0.2, 0.25) is 0 Å². The summed E-state index contributed by atoms with van der Waals surface area (Å²) in [6.07, 6.45) is 18.4. The zero-order valence-electron chi connectivity index (χ0n) is 35.2. The molecule has 0 aliphatic rings. The van der Waals surface area contributed by atoms with E-state index < -0.39 is 36.1 Å². The number of hydrogen-bond donors (Lipinski definition) is 1. The highest BCUT2D eigenvalue weighted by molar-refractivity contribution is 5.71. The van der Waals surface area contributed by atoms with Crippen molar-refractivity contribution in [3.63, 3.8) is 0 Å². The highest BCUT2D eigenvalue weighted by atomic mass is 16.6. The van der Waals surface area contributed by atoms with Crippen LogP contribution in [0, 0.1) is 0 Å². The van der Waals surface area contributed by atoms with Crippen LogP contribution in [0.5, 0.6) is 0 Å². The molecule has 2 atom stereocenters. The summed E-state index contributed by atoms with van der Waals surface area (Å²) in [4.78, 5) is 71.7. The molecule has 0 aromatic rings. The minimum atomic E-state index is -0.924. The van der Waals surface area contributed by atoms with E-state index in [0.29, 0.717) is 19.5 Å². The summed E-state index contributed by atoms with van der Waals surface area (Å²) in [6, 6.07) is 0. The Bertz CT molecular complexity index is 957. The molecule has 0 aromatic carbocycles. The molecule has 13 nitrogen and oxygen atoms in total. The number of carbonyl (C=O) groups excluding carboxylic acids is 6. The maximum Gasteiger partial charge on any atom is 0.312 e. The average molecular weight is 789 g/mol. The lowest BCUT2D eigenvalue weighted by Crippen LogP contribution is -2.84. The van der Waals surface area contributed by atoms with E-state index in [2.05, 4.69) is 27.7 Å². The van der Waals surface area contributed by atoms with Crippen molar-refractivity contribution in [3.05, 3.63) is 0 Å². The third-order valence-corrected chi connectivity index (χ3v) is 8.50. The zero-order chi connectivity index (χ0) is 41.2. The van der Waals surface area contributed by atoms with Crippen molar-refractivity contribution in [2.75, 3.05) is 39.5 Å². The molecular weight excluding hydrogens is 710 g/mol. The van der Waals surface area contributed by atoms with E-state index in [4.69, 9.17) is 28.4 Å². The molecule has 13 heteroatoms. The highest BCUT2D eigenvalue weighted by Crippen LogP contribution is 2.10. The van der Waals surface area contributed by atoms with Crippen molar-refractivity contribution >= 4 is 36.3 Å². The van der Waals surface area contributed by atoms with E-state index in [-0.39, 0.29) is 71.0 Å². The van der Waals surface area contributed by atoms with Crippen molar-refractivity contribution in [1.82, 2.24) is 0 Å². The third kappa shape index (κ3) is 40.3. The van der Waals surface area contributed by atoms with Gasteiger partial charge in [-0.1, -0.05) is 131 Å². The van der Waals surface area contributed by atoms with Gasteiger partial charge < -0.3 is 33.7 Å². The lowest BCUT2D eigenvalue weighted by molar-refractivity contribution is -0.652. The van der Waals surface area contributed by atoms with E-state index in [1.807, 2.05) is 6.92 Å². The second kappa shape index (κ2) is 41.9. The molecule has 0 radical (unpaired) electrons. The Labute approximate surface area is 332 Å². The van der Waals surface area contributed by atoms with Gasteiger partial charge in [-0.25, -0.2) is 0 Å². The van der Waals surface area contributed by atoms with Crippen LogP contribution >= 0.6 is 0 Å². The Hall–Kier alpha value is -3.22. The van der Waals surface area contributed by atoms with E-state index >= 15 is 0 Å². The van der Waals surface area contributed by atoms with Gasteiger partial charge in [-0.05, 0) is 19.3 Å². The second-order valence-electron chi connectivity index (χ2n) is 13.9. The first-order chi connectivity index (χ1) is 26.7. The van der Waals surface area contributed by atoms with Gasteiger partial charge in [0.1, 0.15) is 26.4 Å². The number of unbranched alkanes of at least 4 members (excludes halogenated alkanes) is 14. The summed E-state index contributed by atoms with van der Waals surface area (Å²) in [5, 5.41) is 1.74. The molecule has 0 fully saturated rings. The molecule has 322 valence electrons. The lowest BCUT2D eigenvalue weighted by Gasteiger charge is -2.18. The molecule has 0 bridgehead atoms. The minimum absolute atomic E-state index is 0.00321. The van der Waals surface area contributed by atoms with Gasteiger partial charge in [0, 0.05) is 19.3 Å². The lowest BCUT2D eigenvalue weighted by atomic mass is 10.1. The summed E-state index contributed by atoms with van der Waals surface area (Å²) < 4.78 is 31.3. The number of esters is 5. The topological polar surface area (TPSA) is 174 Å². The van der Waals surface area contributed by atoms with Gasteiger partial charge in [-0.15, -0.1) is 0 Å². The van der Waals surface area contributed by atoms with Crippen molar-refractivity contribution in [1.29, 1.82) is 0 Å². The van der Waals surface area contributed by atoms with Crippen LogP contribution in [0.3, 0.4) is 0 Å². The molecule has 0 heterocycles. The molecule has 0 amide bonds. The van der Waals surface area contributed by atoms with Crippen LogP contribution in [0.1, 0.15) is 182 Å². The fraction of sp³-hybridized carbons (Fsp3) is 0.857. The number of quaternary nitrogens is 1. The van der Waals surface area contributed by atoms with E-state index in [1.54, 1.807) is 5.32 Å². The molecule has 0 spiro atoms. The first-order valence-electron chi connectivity index (χ1n) is 21.4. The van der Waals surface area contributed by atoms with Gasteiger partial charge in [-0.2, -0.15) is 0 Å². The van der Waals surface area contributed by atoms with Crippen LogP contribution in [-0.4, -0.2) is 88.0 Å². The maximum atomic E-state index is 12.5. The quantitative estimate of drug-likeness (QED) is 0.0290. The van der Waals surface area contributed by atoms with Crippen molar-refractivity contribution in [2.24, 2.45) is 0 Å². The van der Waals surface area contributed by atoms with Crippen LogP contribution < -0.4 is 5.32 Å². The van der Waals surface area contributed by atoms with Gasteiger partial charge in [0.15, 0.2) is 12.2 Å². The molecular formula is C42H78NO12+. The number of hydrogen-bond acceptors (Lipinski definition) is 12. The number of nitrogens with two attached hydrogens (primary N) is 1. The predicted molar refractivity (Wildman–Crippen MR) is 211 cm³/mol. The molecule has 0 aliphatic carbocycles. The first-order valence-corrected chi connectivity index (χ1v) is 21.4. The van der Waals surface area contributed by atoms with Gasteiger partial charge in [-0.3, -0.25) is 28.8 Å². The molecule has 0 aromatic heterocycles. The largest absolute Gasteiger partial charge is 0.464 e. The monoisotopic (exact) mass is 789 g/mol. The fourth-order valence-corrected chi connectivity index (χ4v) is 5.15. The van der Waals surface area contributed by atoms with Crippen molar-refractivity contribution < 1.29 is 62.5 Å². The number of carbonyl (C=O) groups is 6. The molecule has 0 saturated heterocycles. The average Bonchev–Trinajstić information content (AvgIpc) is 3.17. The van der Waals surface area contributed by atoms with Crippen LogP contribution in [0.4, 0.5) is 0 Å². The Balaban J connectivity index is 0. The molecule has 0 aliphatic heterocycles. The Morgan fingerprint density at radius 2 is 0.745 bits per heavy atom. The van der Waals surface area contributed by atoms with E-state index in [9.17, 15) is 28.8 Å². The highest BCUT2D eigenvalue weighted by Gasteiger charge is 2.21. The maximum absolute atomic E-state index is 12.5. The fourth-order valence-electron chi connectivity index (χ4n) is 5.15. The minimum Gasteiger partial charge on any atom is -0.464 e. The predicted octanol–water partition coefficient (Wildman–Crippen LogP) is 7.23. The Morgan fingerprint density at radius 1 is 0.418 bits per heavy atom. The summed E-state index contributed by atoms with van der Waals surface area (Å²) in [5.74, 6) is -2.33. The number of ether oxygens (including phenoxy) is 6. The molecule has 2 unspecified atom stereocenters. The van der Waals surface area contributed by atoms with E-state index in [1.165, 1.54) is 38.5 Å². The van der Waals surface area contributed by atoms with Gasteiger partial charge in [0.05, 0.1) is 25.9 Å². The summed E-state index contributed by atoms with van der Waals surface area (Å²) in [7, 11) is 0. The zero-order valence-corrected chi connectivity index (χ0v) is 35.2. The number of rotatable bonds is 37. The summed E-state index contributed by atoms with van der Waals surface area (Å²) in [5.41, 5.74) is 0. The molecule has 55 heavy (non-hydrogen) atoms. The Kier molecular flexibility index (Phi) is 41.1. The summed E-state index contributed by atoms with van der Waals surface area (Å²) >= 11 is 0. The van der Waals surface area contributed by atoms with Crippen molar-refractivity contribution in [3.8, 4) is 0 Å². The van der Waals surface area contributed by atoms with E-state index in [0.717, 1.165) is 70.6 Å².